The molecule has 17 heavy (non-hydrogen) atoms. The molecule has 1 amide bonds. The van der Waals surface area contributed by atoms with Crippen LogP contribution in [0.15, 0.2) is 12.4 Å². The summed E-state index contributed by atoms with van der Waals surface area (Å²) in [4.78, 5) is 18.3. The lowest BCUT2D eigenvalue weighted by molar-refractivity contribution is -0.131. The summed E-state index contributed by atoms with van der Waals surface area (Å²) in [5, 5.41) is 0. The maximum absolute atomic E-state index is 12.1. The highest BCUT2D eigenvalue weighted by Crippen LogP contribution is 2.16. The molecule has 0 aromatic carbocycles. The highest BCUT2D eigenvalue weighted by molar-refractivity contribution is 7.99. The summed E-state index contributed by atoms with van der Waals surface area (Å²) in [5.41, 5.74) is 0. The second-order valence-corrected chi connectivity index (χ2v) is 5.65. The Morgan fingerprint density at radius 3 is 2.82 bits per heavy atom. The molecule has 1 aromatic heterocycles. The second kappa shape index (κ2) is 5.58. The molecule has 1 saturated heterocycles. The Morgan fingerprint density at radius 2 is 2.24 bits per heavy atom. The van der Waals surface area contributed by atoms with Crippen LogP contribution in [0.5, 0.6) is 0 Å². The Bertz CT molecular complexity index is 385. The molecule has 0 radical (unpaired) electrons. The predicted octanol–water partition coefficient (Wildman–Crippen LogP) is 1.72. The fraction of sp³-hybridized carbons (Fsp3) is 0.667. The molecule has 1 aliphatic rings. The number of imidazole rings is 1. The molecule has 0 saturated carbocycles. The number of thioether (sulfide) groups is 1. The summed E-state index contributed by atoms with van der Waals surface area (Å²) < 4.78 is 2.07. The normalized spacial score (nSPS) is 18.1. The van der Waals surface area contributed by atoms with Gasteiger partial charge in [0.05, 0.1) is 0 Å². The van der Waals surface area contributed by atoms with Crippen molar-refractivity contribution in [2.24, 2.45) is 0 Å². The Hall–Kier alpha value is -0.970. The van der Waals surface area contributed by atoms with Gasteiger partial charge in [0.1, 0.15) is 5.82 Å². The van der Waals surface area contributed by atoms with Gasteiger partial charge in [-0.1, -0.05) is 0 Å². The molecule has 2 heterocycles. The summed E-state index contributed by atoms with van der Waals surface area (Å²) >= 11 is 1.93. The molecule has 1 fully saturated rings. The standard InChI is InChI=1S/C12H19N3OS/c1-10(15-4-3-13-11(15)2)9-12(16)14-5-7-17-8-6-14/h3-4,10H,5-9H2,1-2H3/t10-/m0/s1. The first kappa shape index (κ1) is 12.5. The predicted molar refractivity (Wildman–Crippen MR) is 70.2 cm³/mol. The Labute approximate surface area is 106 Å². The molecule has 5 heteroatoms. The number of amides is 1. The van der Waals surface area contributed by atoms with Crippen molar-refractivity contribution >= 4 is 17.7 Å². The molecule has 0 aliphatic carbocycles. The number of aryl methyl sites for hydroxylation is 1. The smallest absolute Gasteiger partial charge is 0.224 e. The average Bonchev–Trinajstić information content (AvgIpc) is 2.76. The number of rotatable bonds is 3. The SMILES string of the molecule is Cc1nccn1[C@@H](C)CC(=O)N1CCSCC1. The minimum atomic E-state index is 0.194. The fourth-order valence-corrected chi connectivity index (χ4v) is 3.05. The minimum absolute atomic E-state index is 0.194. The third kappa shape index (κ3) is 3.03. The van der Waals surface area contributed by atoms with E-state index >= 15 is 0 Å². The van der Waals surface area contributed by atoms with Crippen molar-refractivity contribution in [1.29, 1.82) is 0 Å². The minimum Gasteiger partial charge on any atom is -0.341 e. The number of nitrogens with zero attached hydrogens (tertiary/aromatic N) is 3. The highest BCUT2D eigenvalue weighted by Gasteiger charge is 2.19. The van der Waals surface area contributed by atoms with Crippen LogP contribution in [0, 0.1) is 6.92 Å². The summed E-state index contributed by atoms with van der Waals surface area (Å²) in [6.45, 7) is 5.85. The van der Waals surface area contributed by atoms with Gasteiger partial charge >= 0.3 is 0 Å². The largest absolute Gasteiger partial charge is 0.341 e. The molecular weight excluding hydrogens is 234 g/mol. The van der Waals surface area contributed by atoms with E-state index in [0.717, 1.165) is 30.4 Å². The van der Waals surface area contributed by atoms with Gasteiger partial charge in [-0.2, -0.15) is 11.8 Å². The Balaban J connectivity index is 1.92. The topological polar surface area (TPSA) is 38.1 Å². The maximum atomic E-state index is 12.1. The molecule has 94 valence electrons. The molecule has 0 unspecified atom stereocenters. The van der Waals surface area contributed by atoms with Crippen LogP contribution in [0.4, 0.5) is 0 Å². The van der Waals surface area contributed by atoms with Crippen LogP contribution < -0.4 is 0 Å². The van der Waals surface area contributed by atoms with E-state index in [0.29, 0.717) is 6.42 Å². The first-order chi connectivity index (χ1) is 8.18. The zero-order valence-electron chi connectivity index (χ0n) is 10.4. The van der Waals surface area contributed by atoms with Crippen LogP contribution in [0.3, 0.4) is 0 Å². The van der Waals surface area contributed by atoms with Gasteiger partial charge in [-0.05, 0) is 13.8 Å². The van der Waals surface area contributed by atoms with E-state index in [9.17, 15) is 4.79 Å². The first-order valence-corrected chi connectivity index (χ1v) is 7.19. The molecule has 0 N–H and O–H groups in total. The van der Waals surface area contributed by atoms with E-state index in [4.69, 9.17) is 0 Å². The van der Waals surface area contributed by atoms with E-state index in [2.05, 4.69) is 16.5 Å². The van der Waals surface area contributed by atoms with E-state index in [1.807, 2.05) is 29.8 Å². The van der Waals surface area contributed by atoms with Crippen molar-refractivity contribution in [2.75, 3.05) is 24.6 Å². The van der Waals surface area contributed by atoms with Gasteiger partial charge in [0.2, 0.25) is 5.91 Å². The van der Waals surface area contributed by atoms with Gasteiger partial charge < -0.3 is 9.47 Å². The second-order valence-electron chi connectivity index (χ2n) is 4.43. The lowest BCUT2D eigenvalue weighted by Gasteiger charge is -2.28. The van der Waals surface area contributed by atoms with Crippen molar-refractivity contribution in [3.8, 4) is 0 Å². The lowest BCUT2D eigenvalue weighted by atomic mass is 10.2. The van der Waals surface area contributed by atoms with Crippen molar-refractivity contribution in [3.05, 3.63) is 18.2 Å². The summed E-state index contributed by atoms with van der Waals surface area (Å²) in [6, 6.07) is 0.194. The molecular formula is C12H19N3OS. The Kier molecular flexibility index (Phi) is 4.10. The van der Waals surface area contributed by atoms with Crippen molar-refractivity contribution < 1.29 is 4.79 Å². The number of hydrogen-bond acceptors (Lipinski definition) is 3. The van der Waals surface area contributed by atoms with Gasteiger partial charge in [-0.15, -0.1) is 0 Å². The van der Waals surface area contributed by atoms with E-state index in [1.54, 1.807) is 6.20 Å². The molecule has 1 atom stereocenters. The monoisotopic (exact) mass is 253 g/mol. The van der Waals surface area contributed by atoms with Crippen LogP contribution in [0.1, 0.15) is 25.2 Å². The van der Waals surface area contributed by atoms with Crippen LogP contribution in [-0.4, -0.2) is 45.0 Å². The number of carbonyl (C=O) groups is 1. The fourth-order valence-electron chi connectivity index (χ4n) is 2.15. The first-order valence-electron chi connectivity index (χ1n) is 6.03. The molecule has 0 spiro atoms. The lowest BCUT2D eigenvalue weighted by Crippen LogP contribution is -2.38. The van der Waals surface area contributed by atoms with Gasteiger partial charge in [-0.3, -0.25) is 4.79 Å². The molecule has 4 nitrogen and oxygen atoms in total. The highest BCUT2D eigenvalue weighted by atomic mass is 32.2. The van der Waals surface area contributed by atoms with Crippen LogP contribution in [-0.2, 0) is 4.79 Å². The third-order valence-electron chi connectivity index (χ3n) is 3.17. The third-order valence-corrected chi connectivity index (χ3v) is 4.11. The Morgan fingerprint density at radius 1 is 1.53 bits per heavy atom. The van der Waals surface area contributed by atoms with Crippen LogP contribution in [0.2, 0.25) is 0 Å². The summed E-state index contributed by atoms with van der Waals surface area (Å²) in [5.74, 6) is 3.39. The van der Waals surface area contributed by atoms with E-state index in [-0.39, 0.29) is 11.9 Å². The maximum Gasteiger partial charge on any atom is 0.224 e. The van der Waals surface area contributed by atoms with Gasteiger partial charge in [-0.25, -0.2) is 4.98 Å². The van der Waals surface area contributed by atoms with Crippen LogP contribution >= 0.6 is 11.8 Å². The van der Waals surface area contributed by atoms with Gasteiger partial charge in [0.25, 0.3) is 0 Å². The molecule has 1 aliphatic heterocycles. The molecule has 1 aromatic rings. The number of aromatic nitrogens is 2. The van der Waals surface area contributed by atoms with Crippen molar-refractivity contribution in [2.45, 2.75) is 26.3 Å². The van der Waals surface area contributed by atoms with Gasteiger partial charge in [0, 0.05) is 49.5 Å². The van der Waals surface area contributed by atoms with E-state index < -0.39 is 0 Å². The summed E-state index contributed by atoms with van der Waals surface area (Å²) in [7, 11) is 0. The number of carbonyl (C=O) groups excluding carboxylic acids is 1. The zero-order chi connectivity index (χ0) is 12.3. The summed E-state index contributed by atoms with van der Waals surface area (Å²) in [6.07, 6.45) is 4.30. The van der Waals surface area contributed by atoms with Crippen molar-refractivity contribution in [3.63, 3.8) is 0 Å². The average molecular weight is 253 g/mol. The molecule has 2 rings (SSSR count). The van der Waals surface area contributed by atoms with Crippen LogP contribution in [0.25, 0.3) is 0 Å². The van der Waals surface area contributed by atoms with Crippen molar-refractivity contribution in [1.82, 2.24) is 14.5 Å². The van der Waals surface area contributed by atoms with Gasteiger partial charge in [0.15, 0.2) is 0 Å². The zero-order valence-corrected chi connectivity index (χ0v) is 11.2. The number of hydrogen-bond donors (Lipinski definition) is 0. The van der Waals surface area contributed by atoms with E-state index in [1.165, 1.54) is 0 Å². The molecule has 0 bridgehead atoms. The quantitative estimate of drug-likeness (QED) is 0.823.